The summed E-state index contributed by atoms with van der Waals surface area (Å²) in [6.07, 6.45) is 6.34. The van der Waals surface area contributed by atoms with E-state index in [1.54, 1.807) is 0 Å². The quantitative estimate of drug-likeness (QED) is 0.701. The Morgan fingerprint density at radius 3 is 2.77 bits per heavy atom. The average molecular weight is 185 g/mol. The van der Waals surface area contributed by atoms with Crippen molar-refractivity contribution in [2.45, 2.75) is 58.0 Å². The number of hydrogen-bond donors (Lipinski definition) is 2. The molecule has 13 heavy (non-hydrogen) atoms. The highest BCUT2D eigenvalue weighted by molar-refractivity contribution is 4.78. The molecular formula is C11H23NO. The maximum absolute atomic E-state index is 9.06. The van der Waals surface area contributed by atoms with Crippen LogP contribution in [-0.4, -0.2) is 23.8 Å². The SMILES string of the molecule is CCC(CO)NC1CCCC(C)C1. The maximum atomic E-state index is 9.06. The summed E-state index contributed by atoms with van der Waals surface area (Å²) in [7, 11) is 0. The van der Waals surface area contributed by atoms with Crippen LogP contribution in [0, 0.1) is 5.92 Å². The van der Waals surface area contributed by atoms with Gasteiger partial charge in [0.05, 0.1) is 6.61 Å². The van der Waals surface area contributed by atoms with Crippen molar-refractivity contribution in [2.24, 2.45) is 5.92 Å². The molecule has 2 heteroatoms. The fraction of sp³-hybridized carbons (Fsp3) is 1.00. The van der Waals surface area contributed by atoms with Gasteiger partial charge in [0.25, 0.3) is 0 Å². The van der Waals surface area contributed by atoms with Crippen molar-refractivity contribution in [2.75, 3.05) is 6.61 Å². The van der Waals surface area contributed by atoms with E-state index in [0.717, 1.165) is 12.3 Å². The molecule has 0 bridgehead atoms. The van der Waals surface area contributed by atoms with Gasteiger partial charge in [-0.1, -0.05) is 26.7 Å². The molecule has 1 fully saturated rings. The molecule has 3 unspecified atom stereocenters. The molecule has 0 aromatic carbocycles. The molecule has 0 radical (unpaired) electrons. The molecule has 0 aromatic rings. The molecule has 1 saturated carbocycles. The predicted molar refractivity (Wildman–Crippen MR) is 55.7 cm³/mol. The fourth-order valence-corrected chi connectivity index (χ4v) is 2.22. The minimum atomic E-state index is 0.279. The van der Waals surface area contributed by atoms with E-state index in [9.17, 15) is 0 Å². The van der Waals surface area contributed by atoms with Gasteiger partial charge in [0.1, 0.15) is 0 Å². The van der Waals surface area contributed by atoms with E-state index < -0.39 is 0 Å². The molecule has 0 amide bonds. The molecule has 1 aliphatic carbocycles. The van der Waals surface area contributed by atoms with E-state index >= 15 is 0 Å². The first kappa shape index (κ1) is 11.0. The van der Waals surface area contributed by atoms with Crippen molar-refractivity contribution in [3.63, 3.8) is 0 Å². The molecule has 0 aliphatic heterocycles. The lowest BCUT2D eigenvalue weighted by Crippen LogP contribution is -2.42. The van der Waals surface area contributed by atoms with Crippen LogP contribution in [0.1, 0.15) is 46.0 Å². The van der Waals surface area contributed by atoms with Gasteiger partial charge in [-0.05, 0) is 25.2 Å². The van der Waals surface area contributed by atoms with Crippen molar-refractivity contribution < 1.29 is 5.11 Å². The Labute approximate surface area is 81.7 Å². The smallest absolute Gasteiger partial charge is 0.0584 e. The Morgan fingerprint density at radius 2 is 2.23 bits per heavy atom. The third-order valence-corrected chi connectivity index (χ3v) is 3.12. The van der Waals surface area contributed by atoms with Crippen LogP contribution < -0.4 is 5.32 Å². The highest BCUT2D eigenvalue weighted by atomic mass is 16.3. The molecule has 2 N–H and O–H groups in total. The summed E-state index contributed by atoms with van der Waals surface area (Å²) in [5.41, 5.74) is 0. The Bertz CT molecular complexity index is 134. The van der Waals surface area contributed by atoms with Crippen molar-refractivity contribution in [1.82, 2.24) is 5.32 Å². The standard InChI is InChI=1S/C11H23NO/c1-3-10(8-13)12-11-6-4-5-9(2)7-11/h9-13H,3-8H2,1-2H3. The first-order chi connectivity index (χ1) is 6.26. The van der Waals surface area contributed by atoms with Crippen molar-refractivity contribution in [3.8, 4) is 0 Å². The Kier molecular flexibility index (Phi) is 4.74. The van der Waals surface area contributed by atoms with Gasteiger partial charge in [0, 0.05) is 12.1 Å². The number of aliphatic hydroxyl groups excluding tert-OH is 1. The molecule has 3 atom stereocenters. The van der Waals surface area contributed by atoms with Gasteiger partial charge in [0.2, 0.25) is 0 Å². The van der Waals surface area contributed by atoms with Crippen molar-refractivity contribution in [3.05, 3.63) is 0 Å². The summed E-state index contributed by atoms with van der Waals surface area (Å²) < 4.78 is 0. The second-order valence-corrected chi connectivity index (χ2v) is 4.42. The van der Waals surface area contributed by atoms with E-state index in [2.05, 4.69) is 19.2 Å². The fourth-order valence-electron chi connectivity index (χ4n) is 2.22. The largest absolute Gasteiger partial charge is 0.395 e. The first-order valence-corrected chi connectivity index (χ1v) is 5.63. The average Bonchev–Trinajstić information content (AvgIpc) is 2.14. The summed E-state index contributed by atoms with van der Waals surface area (Å²) in [5, 5.41) is 12.6. The third-order valence-electron chi connectivity index (χ3n) is 3.12. The lowest BCUT2D eigenvalue weighted by atomic mass is 9.86. The highest BCUT2D eigenvalue weighted by Crippen LogP contribution is 2.23. The number of aliphatic hydroxyl groups is 1. The van der Waals surface area contributed by atoms with E-state index in [1.807, 2.05) is 0 Å². The van der Waals surface area contributed by atoms with Crippen LogP contribution in [0.2, 0.25) is 0 Å². The van der Waals surface area contributed by atoms with Crippen LogP contribution in [0.4, 0.5) is 0 Å². The van der Waals surface area contributed by atoms with Gasteiger partial charge in [0.15, 0.2) is 0 Å². The van der Waals surface area contributed by atoms with Crippen LogP contribution >= 0.6 is 0 Å². The van der Waals surface area contributed by atoms with Crippen LogP contribution in [0.15, 0.2) is 0 Å². The lowest BCUT2D eigenvalue weighted by Gasteiger charge is -2.30. The first-order valence-electron chi connectivity index (χ1n) is 5.63. The molecule has 0 spiro atoms. The molecule has 0 heterocycles. The van der Waals surface area contributed by atoms with E-state index in [0.29, 0.717) is 12.1 Å². The molecule has 0 aromatic heterocycles. The molecule has 1 rings (SSSR count). The van der Waals surface area contributed by atoms with Crippen LogP contribution in [0.5, 0.6) is 0 Å². The van der Waals surface area contributed by atoms with Gasteiger partial charge in [-0.2, -0.15) is 0 Å². The van der Waals surface area contributed by atoms with Gasteiger partial charge in [-0.15, -0.1) is 0 Å². The zero-order valence-electron chi connectivity index (χ0n) is 8.92. The van der Waals surface area contributed by atoms with Gasteiger partial charge in [-0.3, -0.25) is 0 Å². The minimum absolute atomic E-state index is 0.279. The molecule has 2 nitrogen and oxygen atoms in total. The van der Waals surface area contributed by atoms with Crippen molar-refractivity contribution in [1.29, 1.82) is 0 Å². The number of rotatable bonds is 4. The Morgan fingerprint density at radius 1 is 1.46 bits per heavy atom. The zero-order valence-corrected chi connectivity index (χ0v) is 8.92. The highest BCUT2D eigenvalue weighted by Gasteiger charge is 2.20. The summed E-state index contributed by atoms with van der Waals surface area (Å²) in [5.74, 6) is 0.863. The van der Waals surface area contributed by atoms with Crippen LogP contribution in [-0.2, 0) is 0 Å². The summed E-state index contributed by atoms with van der Waals surface area (Å²) >= 11 is 0. The third kappa shape index (κ3) is 3.65. The van der Waals surface area contributed by atoms with E-state index in [-0.39, 0.29) is 6.61 Å². The Hall–Kier alpha value is -0.0800. The molecule has 1 aliphatic rings. The van der Waals surface area contributed by atoms with Gasteiger partial charge in [-0.25, -0.2) is 0 Å². The Balaban J connectivity index is 2.26. The second kappa shape index (κ2) is 5.61. The molecule has 0 saturated heterocycles. The maximum Gasteiger partial charge on any atom is 0.0584 e. The summed E-state index contributed by atoms with van der Waals surface area (Å²) in [6.45, 7) is 4.73. The normalized spacial score (nSPS) is 31.6. The molecular weight excluding hydrogens is 162 g/mol. The summed E-state index contributed by atoms with van der Waals surface area (Å²) in [6, 6.07) is 0.969. The number of hydrogen-bond acceptors (Lipinski definition) is 2. The summed E-state index contributed by atoms with van der Waals surface area (Å²) in [4.78, 5) is 0. The molecule has 78 valence electrons. The second-order valence-electron chi connectivity index (χ2n) is 4.42. The van der Waals surface area contributed by atoms with E-state index in [4.69, 9.17) is 5.11 Å². The lowest BCUT2D eigenvalue weighted by molar-refractivity contribution is 0.204. The van der Waals surface area contributed by atoms with Crippen LogP contribution in [0.25, 0.3) is 0 Å². The van der Waals surface area contributed by atoms with Gasteiger partial charge >= 0.3 is 0 Å². The van der Waals surface area contributed by atoms with Gasteiger partial charge < -0.3 is 10.4 Å². The minimum Gasteiger partial charge on any atom is -0.395 e. The monoisotopic (exact) mass is 185 g/mol. The van der Waals surface area contributed by atoms with Crippen LogP contribution in [0.3, 0.4) is 0 Å². The van der Waals surface area contributed by atoms with E-state index in [1.165, 1.54) is 25.7 Å². The predicted octanol–water partition coefficient (Wildman–Crippen LogP) is 1.93. The van der Waals surface area contributed by atoms with Crippen molar-refractivity contribution >= 4 is 0 Å². The number of nitrogens with one attached hydrogen (secondary N) is 1. The topological polar surface area (TPSA) is 32.3 Å². The zero-order chi connectivity index (χ0) is 9.68.